The molecule has 2 heterocycles. The molecule has 3 rings (SSSR count). The first-order valence-corrected chi connectivity index (χ1v) is 12.0. The Morgan fingerprint density at radius 1 is 1.12 bits per heavy atom. The number of aromatic nitrogens is 2. The Morgan fingerprint density at radius 3 is 2.42 bits per heavy atom. The van der Waals surface area contributed by atoms with Gasteiger partial charge in [-0.15, -0.1) is 0 Å². The second-order valence-corrected chi connectivity index (χ2v) is 10.6. The van der Waals surface area contributed by atoms with Crippen molar-refractivity contribution in [1.82, 2.24) is 14.9 Å². The smallest absolute Gasteiger partial charge is 0.234 e. The second-order valence-electron chi connectivity index (χ2n) is 10.6. The number of nitrogens with zero attached hydrogens (tertiary/aromatic N) is 5. The summed E-state index contributed by atoms with van der Waals surface area (Å²) in [6.45, 7) is 16.0. The lowest BCUT2D eigenvalue weighted by molar-refractivity contribution is 0.173. The maximum atomic E-state index is 9.17. The van der Waals surface area contributed by atoms with Crippen LogP contribution < -0.4 is 4.90 Å². The first kappa shape index (κ1) is 24.7. The predicted molar refractivity (Wildman–Crippen MR) is 135 cm³/mol. The van der Waals surface area contributed by atoms with E-state index in [0.717, 1.165) is 55.9 Å². The van der Waals surface area contributed by atoms with Gasteiger partial charge in [-0.3, -0.25) is 4.90 Å². The maximum absolute atomic E-state index is 9.17. The van der Waals surface area contributed by atoms with Crippen LogP contribution in [-0.2, 0) is 6.54 Å². The minimum atomic E-state index is 0.0901. The molecule has 0 aliphatic carbocycles. The molecular weight excluding hydrogens is 406 g/mol. The van der Waals surface area contributed by atoms with Crippen molar-refractivity contribution in [1.29, 1.82) is 5.26 Å². The average Bonchev–Trinajstić information content (AvgIpc) is 2.79. The number of benzene rings is 1. The Morgan fingerprint density at radius 2 is 1.82 bits per heavy atom. The number of hydrogen-bond donors (Lipinski definition) is 0. The lowest BCUT2D eigenvalue weighted by Crippen LogP contribution is -2.35. The monoisotopic (exact) mass is 443 g/mol. The van der Waals surface area contributed by atoms with Crippen LogP contribution in [0.2, 0.25) is 0 Å². The summed E-state index contributed by atoms with van der Waals surface area (Å²) in [5.74, 6) is 9.33. The molecule has 0 radical (unpaired) electrons. The Hall–Kier alpha value is -2.89. The quantitative estimate of drug-likeness (QED) is 0.580. The fraction of sp³-hybridized carbons (Fsp3) is 0.536. The topological polar surface area (TPSA) is 56.0 Å². The van der Waals surface area contributed by atoms with E-state index in [2.05, 4.69) is 90.5 Å². The van der Waals surface area contributed by atoms with E-state index in [1.54, 1.807) is 6.20 Å². The van der Waals surface area contributed by atoms with Gasteiger partial charge in [-0.25, -0.2) is 9.97 Å². The van der Waals surface area contributed by atoms with Gasteiger partial charge in [0.1, 0.15) is 11.9 Å². The lowest BCUT2D eigenvalue weighted by atomic mass is 9.87. The van der Waals surface area contributed by atoms with Gasteiger partial charge in [-0.1, -0.05) is 58.6 Å². The van der Waals surface area contributed by atoms with Gasteiger partial charge in [0.25, 0.3) is 0 Å². The van der Waals surface area contributed by atoms with Gasteiger partial charge in [0.05, 0.1) is 6.54 Å². The lowest BCUT2D eigenvalue weighted by Gasteiger charge is -2.32. The Labute approximate surface area is 199 Å². The van der Waals surface area contributed by atoms with Crippen LogP contribution in [0.4, 0.5) is 5.82 Å². The number of anilines is 1. The van der Waals surface area contributed by atoms with Crippen molar-refractivity contribution in [2.75, 3.05) is 31.1 Å². The summed E-state index contributed by atoms with van der Waals surface area (Å²) >= 11 is 0. The van der Waals surface area contributed by atoms with E-state index >= 15 is 0 Å². The molecule has 0 spiro atoms. The van der Waals surface area contributed by atoms with Crippen molar-refractivity contribution in [3.05, 3.63) is 53.5 Å². The highest BCUT2D eigenvalue weighted by molar-refractivity contribution is 5.42. The second kappa shape index (κ2) is 11.3. The first-order valence-electron chi connectivity index (χ1n) is 12.0. The van der Waals surface area contributed by atoms with Crippen molar-refractivity contribution in [2.45, 2.75) is 54.0 Å². The zero-order valence-electron chi connectivity index (χ0n) is 20.8. The summed E-state index contributed by atoms with van der Waals surface area (Å²) in [4.78, 5) is 13.1. The van der Waals surface area contributed by atoms with Crippen LogP contribution in [-0.4, -0.2) is 41.0 Å². The third kappa shape index (κ3) is 7.88. The summed E-state index contributed by atoms with van der Waals surface area (Å²) in [7, 11) is 0. The molecule has 2 aromatic rings. The summed E-state index contributed by atoms with van der Waals surface area (Å²) < 4.78 is 0. The molecule has 0 N–H and O–H groups in total. The third-order valence-electron chi connectivity index (χ3n) is 6.17. The number of rotatable bonds is 6. The minimum Gasteiger partial charge on any atom is -0.352 e. The number of likely N-dealkylation sites (tertiary alicyclic amines) is 1. The molecule has 0 saturated carbocycles. The molecule has 1 aliphatic heterocycles. The van der Waals surface area contributed by atoms with Crippen molar-refractivity contribution in [3.63, 3.8) is 0 Å². The van der Waals surface area contributed by atoms with E-state index in [0.29, 0.717) is 0 Å². The third-order valence-corrected chi connectivity index (χ3v) is 6.17. The molecule has 174 valence electrons. The van der Waals surface area contributed by atoms with Crippen molar-refractivity contribution in [3.8, 4) is 17.9 Å². The zero-order valence-corrected chi connectivity index (χ0v) is 20.8. The van der Waals surface area contributed by atoms with E-state index in [1.165, 1.54) is 18.4 Å². The summed E-state index contributed by atoms with van der Waals surface area (Å²) in [6, 6.07) is 12.4. The van der Waals surface area contributed by atoms with Crippen molar-refractivity contribution >= 4 is 5.82 Å². The molecule has 0 bridgehead atoms. The number of piperidine rings is 1. The number of hydrogen-bond acceptors (Lipinski definition) is 5. The molecule has 0 amide bonds. The van der Waals surface area contributed by atoms with E-state index in [1.807, 2.05) is 12.1 Å². The largest absolute Gasteiger partial charge is 0.352 e. The van der Waals surface area contributed by atoms with Crippen LogP contribution in [0.3, 0.4) is 0 Å². The fourth-order valence-corrected chi connectivity index (χ4v) is 4.31. The normalized spacial score (nSPS) is 15.1. The van der Waals surface area contributed by atoms with Gasteiger partial charge >= 0.3 is 0 Å². The predicted octanol–water partition coefficient (Wildman–Crippen LogP) is 5.12. The minimum absolute atomic E-state index is 0.0901. The molecule has 0 unspecified atom stereocenters. The zero-order chi connectivity index (χ0) is 23.8. The highest BCUT2D eigenvalue weighted by atomic mass is 15.2. The average molecular weight is 444 g/mol. The summed E-state index contributed by atoms with van der Waals surface area (Å²) in [6.07, 6.45) is 4.24. The highest BCUT2D eigenvalue weighted by Crippen LogP contribution is 2.24. The Bertz CT molecular complexity index is 994. The Kier molecular flexibility index (Phi) is 8.48. The molecule has 33 heavy (non-hydrogen) atoms. The van der Waals surface area contributed by atoms with Gasteiger partial charge in [-0.05, 0) is 66.9 Å². The molecule has 1 fully saturated rings. The van der Waals surface area contributed by atoms with Crippen molar-refractivity contribution < 1.29 is 0 Å². The maximum Gasteiger partial charge on any atom is 0.234 e. The van der Waals surface area contributed by atoms with Crippen LogP contribution in [0, 0.1) is 40.4 Å². The molecule has 5 heteroatoms. The SMILES string of the molecule is CC(C)C1CCN(CC#Cc2ccc(CN(CC(C)(C)C)c3ccnc(C#N)n3)cc2)CC1. The molecule has 1 aliphatic rings. The van der Waals surface area contributed by atoms with E-state index in [4.69, 9.17) is 0 Å². The van der Waals surface area contributed by atoms with Gasteiger partial charge in [0.2, 0.25) is 5.82 Å². The molecule has 5 nitrogen and oxygen atoms in total. The molecular formula is C28H37N5. The first-order chi connectivity index (χ1) is 15.7. The standard InChI is InChI=1S/C28H37N5/c1-22(2)25-13-17-32(18-14-25)16-6-7-23-8-10-24(11-9-23)20-33(21-28(3,4)5)27-12-15-30-26(19-29)31-27/h8-12,15,22,25H,13-14,16-18,20-21H2,1-5H3. The van der Waals surface area contributed by atoms with Crippen LogP contribution in [0.5, 0.6) is 0 Å². The number of nitriles is 1. The van der Waals surface area contributed by atoms with Gasteiger partial charge in [-0.2, -0.15) is 5.26 Å². The van der Waals surface area contributed by atoms with Crippen LogP contribution in [0.25, 0.3) is 0 Å². The summed E-state index contributed by atoms with van der Waals surface area (Å²) in [5, 5.41) is 9.17. The van der Waals surface area contributed by atoms with Crippen LogP contribution >= 0.6 is 0 Å². The fourth-order valence-electron chi connectivity index (χ4n) is 4.31. The van der Waals surface area contributed by atoms with E-state index in [-0.39, 0.29) is 11.2 Å². The molecule has 1 aromatic carbocycles. The van der Waals surface area contributed by atoms with Gasteiger partial charge in [0.15, 0.2) is 0 Å². The Balaban J connectivity index is 1.61. The van der Waals surface area contributed by atoms with Crippen molar-refractivity contribution in [2.24, 2.45) is 17.3 Å². The van der Waals surface area contributed by atoms with E-state index in [9.17, 15) is 5.26 Å². The van der Waals surface area contributed by atoms with E-state index < -0.39 is 0 Å². The van der Waals surface area contributed by atoms with Gasteiger partial charge in [0, 0.05) is 24.8 Å². The van der Waals surface area contributed by atoms with Crippen LogP contribution in [0.1, 0.15) is 64.4 Å². The van der Waals surface area contributed by atoms with Gasteiger partial charge < -0.3 is 4.90 Å². The highest BCUT2D eigenvalue weighted by Gasteiger charge is 2.21. The molecule has 0 atom stereocenters. The van der Waals surface area contributed by atoms with Crippen LogP contribution in [0.15, 0.2) is 36.5 Å². The molecule has 1 saturated heterocycles. The molecule has 1 aromatic heterocycles. The summed E-state index contributed by atoms with van der Waals surface area (Å²) in [5.41, 5.74) is 2.33.